The maximum absolute atomic E-state index is 14.5. The van der Waals surface area contributed by atoms with Gasteiger partial charge in [0.2, 0.25) is 11.2 Å². The highest BCUT2D eigenvalue weighted by molar-refractivity contribution is 5.95. The third kappa shape index (κ3) is 3.50. The summed E-state index contributed by atoms with van der Waals surface area (Å²) in [5.74, 6) is -1.91. The van der Waals surface area contributed by atoms with E-state index < -0.39 is 74.5 Å². The molecular formula is C36H42O11. The molecule has 0 spiro atoms. The smallest absolute Gasteiger partial charge is 0.351 e. The fourth-order valence-electron chi connectivity index (χ4n) is 8.99. The van der Waals surface area contributed by atoms with E-state index >= 15 is 0 Å². The molecule has 4 unspecified atom stereocenters. The molecule has 0 N–H and O–H groups in total. The first-order valence-electron chi connectivity index (χ1n) is 16.3. The zero-order chi connectivity index (χ0) is 34.5. The van der Waals surface area contributed by atoms with E-state index in [0.29, 0.717) is 24.2 Å². The van der Waals surface area contributed by atoms with Crippen molar-refractivity contribution in [3.05, 3.63) is 39.2 Å². The van der Waals surface area contributed by atoms with Gasteiger partial charge < -0.3 is 28.1 Å². The minimum absolute atomic E-state index is 0.134. The Morgan fingerprint density at radius 2 is 1.23 bits per heavy atom. The van der Waals surface area contributed by atoms with E-state index in [2.05, 4.69) is 0 Å². The van der Waals surface area contributed by atoms with Gasteiger partial charge in [-0.3, -0.25) is 14.4 Å². The Balaban J connectivity index is 1.39. The number of aryl methyl sites for hydroxylation is 2. The molecule has 5 aliphatic rings. The van der Waals surface area contributed by atoms with Crippen LogP contribution in [0.5, 0.6) is 5.75 Å². The summed E-state index contributed by atoms with van der Waals surface area (Å²) in [6.07, 6.45) is -1.28. The topological polar surface area (TPSA) is 145 Å². The van der Waals surface area contributed by atoms with Gasteiger partial charge in [-0.1, -0.05) is 27.7 Å². The Morgan fingerprint density at radius 1 is 0.723 bits per heavy atom. The van der Waals surface area contributed by atoms with Crippen molar-refractivity contribution in [2.75, 3.05) is 0 Å². The van der Waals surface area contributed by atoms with E-state index in [4.69, 9.17) is 28.1 Å². The zero-order valence-corrected chi connectivity index (χ0v) is 28.6. The first-order chi connectivity index (χ1) is 21.6. The number of carbonyl (C=O) groups is 4. The van der Waals surface area contributed by atoms with Crippen LogP contribution in [0.3, 0.4) is 0 Å². The third-order valence-corrected chi connectivity index (χ3v) is 13.2. The molecule has 1 aromatic heterocycles. The number of rotatable bonds is 4. The fraction of sp³-hybridized carbons (Fsp3) is 0.639. The summed E-state index contributed by atoms with van der Waals surface area (Å²) in [7, 11) is 0. The number of benzene rings is 1. The van der Waals surface area contributed by atoms with Crippen LogP contribution in [-0.2, 0) is 38.1 Å². The van der Waals surface area contributed by atoms with E-state index in [9.17, 15) is 24.0 Å². The number of ether oxygens (including phenoxy) is 5. The standard InChI is InChI=1S/C36H42O11/c1-17-15-20-22(23-21(17)19(37)16-18(2)42-23)24(43-28(40)35-13-11-33(9,26(38)46-35)31(35,5)6)25(30(3,4)45-20)44-29(41)36-14-12-34(10,27(39)47-36)32(36,7)8/h15-16,24-25H,11-14H2,1-10H3/t24-,25-,33?,34?,35?,36?/m1/s1. The van der Waals surface area contributed by atoms with Crippen LogP contribution >= 0.6 is 0 Å². The van der Waals surface area contributed by atoms with E-state index in [1.807, 2.05) is 27.7 Å². The van der Waals surface area contributed by atoms with Crippen molar-refractivity contribution in [2.24, 2.45) is 21.7 Å². The van der Waals surface area contributed by atoms with Crippen molar-refractivity contribution < 1.29 is 47.3 Å². The van der Waals surface area contributed by atoms with Gasteiger partial charge in [-0.05, 0) is 78.9 Å². The van der Waals surface area contributed by atoms with Crippen molar-refractivity contribution in [3.63, 3.8) is 0 Å². The molecule has 2 saturated carbocycles. The molecule has 7 rings (SSSR count). The van der Waals surface area contributed by atoms with Crippen LogP contribution in [0, 0.1) is 35.5 Å². The second kappa shape index (κ2) is 8.96. The van der Waals surface area contributed by atoms with Gasteiger partial charge in [0.25, 0.3) is 0 Å². The molecule has 4 heterocycles. The molecule has 1 aromatic carbocycles. The number of hydrogen-bond donors (Lipinski definition) is 0. The lowest BCUT2D eigenvalue weighted by Gasteiger charge is -2.46. The van der Waals surface area contributed by atoms with Crippen LogP contribution in [-0.4, -0.2) is 46.8 Å². The summed E-state index contributed by atoms with van der Waals surface area (Å²) in [6, 6.07) is 3.05. The normalized spacial score (nSPS) is 36.8. The van der Waals surface area contributed by atoms with Gasteiger partial charge >= 0.3 is 23.9 Å². The molecule has 6 atom stereocenters. The minimum atomic E-state index is -1.60. The van der Waals surface area contributed by atoms with E-state index in [1.54, 1.807) is 47.6 Å². The van der Waals surface area contributed by atoms with E-state index in [-0.39, 0.29) is 40.6 Å². The van der Waals surface area contributed by atoms with Gasteiger partial charge in [0.05, 0.1) is 21.8 Å². The van der Waals surface area contributed by atoms with Crippen LogP contribution in [0.1, 0.15) is 104 Å². The van der Waals surface area contributed by atoms with Gasteiger partial charge in [0, 0.05) is 16.9 Å². The van der Waals surface area contributed by atoms with Crippen LogP contribution < -0.4 is 10.2 Å². The maximum Gasteiger partial charge on any atom is 0.351 e. The second-order valence-corrected chi connectivity index (χ2v) is 16.2. The number of hydrogen-bond acceptors (Lipinski definition) is 11. The Hall–Kier alpha value is -3.89. The molecule has 2 saturated heterocycles. The molecule has 4 fully saturated rings. The summed E-state index contributed by atoms with van der Waals surface area (Å²) in [4.78, 5) is 68.3. The molecule has 2 aliphatic carbocycles. The Kier molecular flexibility index (Phi) is 6.04. The number of esters is 4. The summed E-state index contributed by atoms with van der Waals surface area (Å²) in [6.45, 7) is 17.7. The SMILES string of the molecule is Cc1cc(=O)c2c(C)cc3c(c2o1)[C@@H](OC(=O)C12CCC(C)(C(=O)O1)C2(C)C)[C@@H](OC(=O)C12CCC(C)(C(=O)O1)C2(C)C)C(C)(C)O3. The molecule has 0 amide bonds. The van der Waals surface area contributed by atoms with E-state index in [0.717, 1.165) is 0 Å². The molecular weight excluding hydrogens is 608 g/mol. The highest BCUT2D eigenvalue weighted by Gasteiger charge is 2.78. The van der Waals surface area contributed by atoms with Crippen LogP contribution in [0.25, 0.3) is 11.0 Å². The number of fused-ring (bicyclic) bond motifs is 7. The molecule has 252 valence electrons. The molecule has 0 radical (unpaired) electrons. The Bertz CT molecular complexity index is 1880. The fourth-order valence-corrected chi connectivity index (χ4v) is 8.99. The molecule has 4 bridgehead atoms. The minimum Gasteiger partial charge on any atom is -0.483 e. The van der Waals surface area contributed by atoms with Gasteiger partial charge in [0.1, 0.15) is 22.7 Å². The van der Waals surface area contributed by atoms with Crippen molar-refractivity contribution in [3.8, 4) is 5.75 Å². The monoisotopic (exact) mass is 650 g/mol. The first kappa shape index (κ1) is 31.7. The van der Waals surface area contributed by atoms with Gasteiger partial charge in [-0.25, -0.2) is 9.59 Å². The van der Waals surface area contributed by atoms with E-state index in [1.165, 1.54) is 6.07 Å². The van der Waals surface area contributed by atoms with Crippen LogP contribution in [0.2, 0.25) is 0 Å². The van der Waals surface area contributed by atoms with Crippen LogP contribution in [0.15, 0.2) is 21.3 Å². The van der Waals surface area contributed by atoms with Gasteiger partial charge in [-0.15, -0.1) is 0 Å². The van der Waals surface area contributed by atoms with Crippen molar-refractivity contribution in [1.82, 2.24) is 0 Å². The summed E-state index contributed by atoms with van der Waals surface area (Å²) >= 11 is 0. The quantitative estimate of drug-likeness (QED) is 0.313. The highest BCUT2D eigenvalue weighted by atomic mass is 16.7. The third-order valence-electron chi connectivity index (χ3n) is 13.2. The molecule has 11 nitrogen and oxygen atoms in total. The predicted molar refractivity (Wildman–Crippen MR) is 165 cm³/mol. The van der Waals surface area contributed by atoms with Crippen LogP contribution in [0.4, 0.5) is 0 Å². The summed E-state index contributed by atoms with van der Waals surface area (Å²) < 4.78 is 37.1. The highest BCUT2D eigenvalue weighted by Crippen LogP contribution is 2.67. The van der Waals surface area contributed by atoms with Gasteiger partial charge in [0.15, 0.2) is 17.6 Å². The molecule has 3 aliphatic heterocycles. The van der Waals surface area contributed by atoms with Crippen molar-refractivity contribution in [2.45, 2.75) is 124 Å². The van der Waals surface area contributed by atoms with Crippen molar-refractivity contribution >= 4 is 34.8 Å². The largest absolute Gasteiger partial charge is 0.483 e. The molecule has 11 heteroatoms. The second-order valence-electron chi connectivity index (χ2n) is 16.2. The Labute approximate surface area is 272 Å². The zero-order valence-electron chi connectivity index (χ0n) is 28.6. The number of carbonyl (C=O) groups excluding carboxylic acids is 4. The van der Waals surface area contributed by atoms with Crippen molar-refractivity contribution in [1.29, 1.82) is 0 Å². The molecule has 47 heavy (non-hydrogen) atoms. The van der Waals surface area contributed by atoms with Gasteiger partial charge in [-0.2, -0.15) is 0 Å². The molecule has 2 aromatic rings. The lowest BCUT2D eigenvalue weighted by molar-refractivity contribution is -0.217. The predicted octanol–water partition coefficient (Wildman–Crippen LogP) is 5.32. The first-order valence-corrected chi connectivity index (χ1v) is 16.3. The summed E-state index contributed by atoms with van der Waals surface area (Å²) in [5, 5.41) is 0.263. The summed E-state index contributed by atoms with van der Waals surface area (Å²) in [5.41, 5.74) is -7.43. The lowest BCUT2D eigenvalue weighted by Crippen LogP contribution is -2.57. The Morgan fingerprint density at radius 3 is 1.70 bits per heavy atom. The lowest BCUT2D eigenvalue weighted by atomic mass is 9.66. The average molecular weight is 651 g/mol. The average Bonchev–Trinajstić information content (AvgIpc) is 3.42. The maximum atomic E-state index is 14.5.